The number of nitro benzene ring substituents is 1. The highest BCUT2D eigenvalue weighted by atomic mass is 32.1. The van der Waals surface area contributed by atoms with E-state index in [0.29, 0.717) is 22.6 Å². The molecule has 136 valence electrons. The molecule has 1 aromatic rings. The summed E-state index contributed by atoms with van der Waals surface area (Å²) in [5, 5.41) is 28.4. The molecule has 0 aromatic heterocycles. The van der Waals surface area contributed by atoms with Crippen molar-refractivity contribution in [1.82, 2.24) is 10.7 Å². The second kappa shape index (κ2) is 8.61. The van der Waals surface area contributed by atoms with Crippen molar-refractivity contribution in [1.29, 1.82) is 0 Å². The van der Waals surface area contributed by atoms with E-state index in [2.05, 4.69) is 22.8 Å². The van der Waals surface area contributed by atoms with Crippen LogP contribution in [0.25, 0.3) is 0 Å². The second-order valence-corrected chi connectivity index (χ2v) is 6.47. The lowest BCUT2D eigenvalue weighted by Crippen LogP contribution is -2.44. The fraction of sp³-hybridized carbons (Fsp3) is 0.500. The molecule has 3 N–H and O–H groups in total. The van der Waals surface area contributed by atoms with Gasteiger partial charge in [-0.1, -0.05) is 19.8 Å². The number of nitro groups is 1. The number of benzene rings is 1. The first kappa shape index (κ1) is 18.9. The average molecular weight is 366 g/mol. The Hall–Kier alpha value is -2.42. The Morgan fingerprint density at radius 2 is 2.20 bits per heavy atom. The van der Waals surface area contributed by atoms with Crippen LogP contribution in [0.2, 0.25) is 0 Å². The SMILES string of the molecule is COc1cc(/C=N/NC(=S)N[C@@H]2CCCC[C@H]2C)cc([N+](=O)[O-])c1O. The normalized spacial score (nSPS) is 20.2. The third kappa shape index (κ3) is 5.02. The van der Waals surface area contributed by atoms with Crippen LogP contribution in [-0.4, -0.2) is 34.5 Å². The first-order valence-corrected chi connectivity index (χ1v) is 8.48. The van der Waals surface area contributed by atoms with E-state index in [9.17, 15) is 15.2 Å². The minimum absolute atomic E-state index is 0.00684. The highest BCUT2D eigenvalue weighted by Gasteiger charge is 2.21. The Morgan fingerprint density at radius 3 is 2.84 bits per heavy atom. The van der Waals surface area contributed by atoms with Crippen LogP contribution in [0.15, 0.2) is 17.2 Å². The lowest BCUT2D eigenvalue weighted by molar-refractivity contribution is -0.386. The van der Waals surface area contributed by atoms with Crippen LogP contribution in [-0.2, 0) is 0 Å². The van der Waals surface area contributed by atoms with Gasteiger partial charge in [0, 0.05) is 17.7 Å². The van der Waals surface area contributed by atoms with Crippen molar-refractivity contribution in [3.05, 3.63) is 27.8 Å². The Morgan fingerprint density at radius 1 is 1.48 bits per heavy atom. The molecule has 0 heterocycles. The molecule has 0 spiro atoms. The Kier molecular flexibility index (Phi) is 6.51. The van der Waals surface area contributed by atoms with Gasteiger partial charge in [0.2, 0.25) is 5.75 Å². The zero-order chi connectivity index (χ0) is 18.4. The Labute approximate surface area is 151 Å². The highest BCUT2D eigenvalue weighted by molar-refractivity contribution is 7.80. The molecule has 0 bridgehead atoms. The van der Waals surface area contributed by atoms with Crippen molar-refractivity contribution in [2.45, 2.75) is 38.6 Å². The van der Waals surface area contributed by atoms with E-state index in [1.54, 1.807) is 0 Å². The van der Waals surface area contributed by atoms with Crippen LogP contribution in [0.3, 0.4) is 0 Å². The summed E-state index contributed by atoms with van der Waals surface area (Å²) < 4.78 is 4.94. The van der Waals surface area contributed by atoms with Gasteiger partial charge in [0.15, 0.2) is 10.9 Å². The summed E-state index contributed by atoms with van der Waals surface area (Å²) in [6, 6.07) is 2.99. The molecule has 1 saturated carbocycles. The summed E-state index contributed by atoms with van der Waals surface area (Å²) >= 11 is 5.23. The minimum Gasteiger partial charge on any atom is -0.500 e. The van der Waals surface area contributed by atoms with Gasteiger partial charge in [0.05, 0.1) is 18.2 Å². The molecule has 0 unspecified atom stereocenters. The number of rotatable bonds is 5. The summed E-state index contributed by atoms with van der Waals surface area (Å²) in [5.41, 5.74) is 2.67. The first-order chi connectivity index (χ1) is 11.9. The van der Waals surface area contributed by atoms with Crippen LogP contribution in [0.5, 0.6) is 11.5 Å². The molecule has 9 heteroatoms. The summed E-state index contributed by atoms with van der Waals surface area (Å²) in [5.74, 6) is 0.0509. The molecule has 1 aliphatic rings. The summed E-state index contributed by atoms with van der Waals surface area (Å²) in [6.07, 6.45) is 6.08. The van der Waals surface area contributed by atoms with Gasteiger partial charge in [-0.05, 0) is 37.0 Å². The van der Waals surface area contributed by atoms with E-state index in [0.717, 1.165) is 6.42 Å². The summed E-state index contributed by atoms with van der Waals surface area (Å²) in [6.45, 7) is 2.20. The number of ether oxygens (including phenoxy) is 1. The summed E-state index contributed by atoms with van der Waals surface area (Å²) in [7, 11) is 1.32. The second-order valence-electron chi connectivity index (χ2n) is 6.06. The lowest BCUT2D eigenvalue weighted by Gasteiger charge is -2.30. The molecule has 1 fully saturated rings. The van der Waals surface area contributed by atoms with Crippen molar-refractivity contribution in [2.75, 3.05) is 7.11 Å². The van der Waals surface area contributed by atoms with Crippen molar-refractivity contribution in [2.24, 2.45) is 11.0 Å². The molecule has 8 nitrogen and oxygen atoms in total. The van der Waals surface area contributed by atoms with Gasteiger partial charge >= 0.3 is 5.69 Å². The molecule has 0 saturated heterocycles. The van der Waals surface area contributed by atoms with E-state index in [4.69, 9.17) is 17.0 Å². The fourth-order valence-corrected chi connectivity index (χ4v) is 3.08. The third-order valence-electron chi connectivity index (χ3n) is 4.30. The number of hydrogen-bond donors (Lipinski definition) is 3. The van der Waals surface area contributed by atoms with Crippen LogP contribution < -0.4 is 15.5 Å². The van der Waals surface area contributed by atoms with Crippen molar-refractivity contribution in [3.8, 4) is 11.5 Å². The number of thiocarbonyl (C=S) groups is 1. The zero-order valence-corrected chi connectivity index (χ0v) is 15.0. The van der Waals surface area contributed by atoms with Crippen LogP contribution >= 0.6 is 12.2 Å². The monoisotopic (exact) mass is 366 g/mol. The van der Waals surface area contributed by atoms with Gasteiger partial charge in [-0.15, -0.1) is 0 Å². The van der Waals surface area contributed by atoms with E-state index in [1.807, 2.05) is 0 Å². The number of nitrogens with zero attached hydrogens (tertiary/aromatic N) is 2. The predicted octanol–water partition coefficient (Wildman–Crippen LogP) is 2.69. The molecule has 0 aliphatic heterocycles. The van der Waals surface area contributed by atoms with Gasteiger partial charge in [-0.3, -0.25) is 15.5 Å². The topological polar surface area (TPSA) is 109 Å². The van der Waals surface area contributed by atoms with Crippen LogP contribution in [0.4, 0.5) is 5.69 Å². The van der Waals surface area contributed by atoms with Gasteiger partial charge in [-0.2, -0.15) is 5.10 Å². The molecule has 0 radical (unpaired) electrons. The average Bonchev–Trinajstić information content (AvgIpc) is 2.58. The largest absolute Gasteiger partial charge is 0.500 e. The third-order valence-corrected chi connectivity index (χ3v) is 4.51. The predicted molar refractivity (Wildman–Crippen MR) is 99.2 cm³/mol. The van der Waals surface area contributed by atoms with Gasteiger partial charge in [-0.25, -0.2) is 0 Å². The maximum Gasteiger partial charge on any atom is 0.315 e. The van der Waals surface area contributed by atoms with E-state index >= 15 is 0 Å². The Bertz CT molecular complexity index is 680. The number of phenols is 1. The standard InChI is InChI=1S/C16H22N4O4S/c1-10-5-3-4-6-12(10)18-16(25)19-17-9-11-7-13(20(22)23)15(21)14(8-11)24-2/h7-10,12,21H,3-6H2,1-2H3,(H2,18,19,25)/b17-9+/t10-,12-/m1/s1. The van der Waals surface area contributed by atoms with Gasteiger partial charge in [0.25, 0.3) is 0 Å². The molecular formula is C16H22N4O4S. The van der Waals surface area contributed by atoms with E-state index < -0.39 is 16.4 Å². The smallest absolute Gasteiger partial charge is 0.315 e. The molecule has 0 amide bonds. The van der Waals surface area contributed by atoms with Crippen molar-refractivity contribution in [3.63, 3.8) is 0 Å². The maximum atomic E-state index is 11.0. The zero-order valence-electron chi connectivity index (χ0n) is 14.2. The fourth-order valence-electron chi connectivity index (χ4n) is 2.88. The molecule has 1 aromatic carbocycles. The van der Waals surface area contributed by atoms with Crippen LogP contribution in [0.1, 0.15) is 38.2 Å². The van der Waals surface area contributed by atoms with Crippen LogP contribution in [0, 0.1) is 16.0 Å². The van der Waals surface area contributed by atoms with Gasteiger partial charge < -0.3 is 15.2 Å². The molecular weight excluding hydrogens is 344 g/mol. The molecule has 1 aliphatic carbocycles. The molecule has 2 rings (SSSR count). The lowest BCUT2D eigenvalue weighted by atomic mass is 9.86. The molecule has 2 atom stereocenters. The number of aromatic hydroxyl groups is 1. The Balaban J connectivity index is 2.00. The number of phenolic OH excluding ortho intramolecular Hbond substituents is 1. The molecule has 25 heavy (non-hydrogen) atoms. The number of nitrogens with one attached hydrogen (secondary N) is 2. The van der Waals surface area contributed by atoms with E-state index in [1.165, 1.54) is 44.7 Å². The summed E-state index contributed by atoms with van der Waals surface area (Å²) in [4.78, 5) is 10.3. The number of hydrazone groups is 1. The minimum atomic E-state index is -0.681. The quantitative estimate of drug-likeness (QED) is 0.318. The first-order valence-electron chi connectivity index (χ1n) is 8.07. The van der Waals surface area contributed by atoms with Crippen molar-refractivity contribution >= 4 is 29.2 Å². The number of hydrogen-bond acceptors (Lipinski definition) is 6. The van der Waals surface area contributed by atoms with E-state index in [-0.39, 0.29) is 5.75 Å². The maximum absolute atomic E-state index is 11.0. The van der Waals surface area contributed by atoms with Gasteiger partial charge in [0.1, 0.15) is 0 Å². The van der Waals surface area contributed by atoms with Crippen molar-refractivity contribution < 1.29 is 14.8 Å². The highest BCUT2D eigenvalue weighted by Crippen LogP contribution is 2.36. The number of methoxy groups -OCH3 is 1.